The Morgan fingerprint density at radius 2 is 1.85 bits per heavy atom. The molecule has 1 aromatic rings. The fraction of sp³-hybridized carbons (Fsp3) is 0.600. The number of carbonyl (C=O) groups is 1. The van der Waals surface area contributed by atoms with Crippen LogP contribution in [0.1, 0.15) is 24.0 Å². The van der Waals surface area contributed by atoms with Crippen LogP contribution in [0.3, 0.4) is 0 Å². The Morgan fingerprint density at radius 3 is 2.44 bits per heavy atom. The van der Waals surface area contributed by atoms with E-state index in [-0.39, 0.29) is 36.0 Å². The summed E-state index contributed by atoms with van der Waals surface area (Å²) >= 11 is 0. The maximum Gasteiger partial charge on any atom is 0.251 e. The van der Waals surface area contributed by atoms with Gasteiger partial charge in [-0.25, -0.2) is 0 Å². The summed E-state index contributed by atoms with van der Waals surface area (Å²) in [5.74, 6) is 1.07. The van der Waals surface area contributed by atoms with E-state index in [4.69, 9.17) is 4.74 Å². The van der Waals surface area contributed by atoms with Gasteiger partial charge in [-0.15, -0.1) is 24.0 Å². The Labute approximate surface area is 179 Å². The van der Waals surface area contributed by atoms with Gasteiger partial charge in [0.05, 0.1) is 0 Å². The van der Waals surface area contributed by atoms with E-state index < -0.39 is 0 Å². The van der Waals surface area contributed by atoms with Gasteiger partial charge in [0.15, 0.2) is 5.96 Å². The van der Waals surface area contributed by atoms with Crippen molar-refractivity contribution < 1.29 is 9.53 Å². The number of ether oxygens (including phenoxy) is 1. The van der Waals surface area contributed by atoms with Crippen molar-refractivity contribution in [3.63, 3.8) is 0 Å². The molecule has 1 N–H and O–H groups in total. The number of nitrogens with one attached hydrogen (secondary N) is 1. The second kappa shape index (κ2) is 10.8. The molecule has 2 aliphatic rings. The third-order valence-corrected chi connectivity index (χ3v) is 5.13. The van der Waals surface area contributed by atoms with Crippen LogP contribution in [0.15, 0.2) is 29.3 Å². The van der Waals surface area contributed by atoms with Crippen LogP contribution in [-0.4, -0.2) is 74.1 Å². The standard InChI is InChI=1S/C20H30N4O2.HI/c1-16-5-7-17(8-6-16)9-10-22-20(21-2)24-13-11-23(12-14-24)19(25)18-4-3-15-26-18;/h5-8,18H,3-4,9-15H2,1-2H3,(H,21,22);1H. The molecule has 6 nitrogen and oxygen atoms in total. The van der Waals surface area contributed by atoms with Gasteiger partial charge in [0.1, 0.15) is 6.10 Å². The van der Waals surface area contributed by atoms with Crippen molar-refractivity contribution >= 4 is 35.8 Å². The zero-order valence-corrected chi connectivity index (χ0v) is 18.6. The minimum atomic E-state index is -0.214. The largest absolute Gasteiger partial charge is 0.368 e. The summed E-state index contributed by atoms with van der Waals surface area (Å²) in [5.41, 5.74) is 2.61. The molecule has 0 radical (unpaired) electrons. The van der Waals surface area contributed by atoms with Crippen LogP contribution in [0.2, 0.25) is 0 Å². The number of aryl methyl sites for hydroxylation is 1. The highest BCUT2D eigenvalue weighted by Crippen LogP contribution is 2.16. The number of carbonyl (C=O) groups excluding carboxylic acids is 1. The van der Waals surface area contributed by atoms with Gasteiger partial charge < -0.3 is 19.9 Å². The molecular formula is C20H31IN4O2. The van der Waals surface area contributed by atoms with Crippen molar-refractivity contribution in [3.05, 3.63) is 35.4 Å². The van der Waals surface area contributed by atoms with Crippen LogP contribution in [0.25, 0.3) is 0 Å². The molecule has 0 spiro atoms. The molecule has 27 heavy (non-hydrogen) atoms. The van der Waals surface area contributed by atoms with Crippen molar-refractivity contribution in [1.82, 2.24) is 15.1 Å². The molecule has 0 bridgehead atoms. The van der Waals surface area contributed by atoms with Gasteiger partial charge in [-0.2, -0.15) is 0 Å². The van der Waals surface area contributed by atoms with Crippen LogP contribution >= 0.6 is 24.0 Å². The van der Waals surface area contributed by atoms with Crippen LogP contribution in [0.4, 0.5) is 0 Å². The number of piperazine rings is 1. The van der Waals surface area contributed by atoms with Crippen molar-refractivity contribution in [2.24, 2.45) is 4.99 Å². The highest BCUT2D eigenvalue weighted by atomic mass is 127. The van der Waals surface area contributed by atoms with E-state index in [1.165, 1.54) is 11.1 Å². The third kappa shape index (κ3) is 6.07. The molecule has 1 amide bonds. The normalized spacial score (nSPS) is 20.4. The zero-order valence-electron chi connectivity index (χ0n) is 16.3. The molecule has 1 unspecified atom stereocenters. The first-order valence-electron chi connectivity index (χ1n) is 9.59. The molecule has 0 aromatic heterocycles. The smallest absolute Gasteiger partial charge is 0.251 e. The van der Waals surface area contributed by atoms with E-state index >= 15 is 0 Å². The Bertz CT molecular complexity index is 621. The lowest BCUT2D eigenvalue weighted by Gasteiger charge is -2.37. The summed E-state index contributed by atoms with van der Waals surface area (Å²) in [7, 11) is 1.82. The highest BCUT2D eigenvalue weighted by Gasteiger charge is 2.30. The average molecular weight is 486 g/mol. The first-order valence-corrected chi connectivity index (χ1v) is 9.59. The molecule has 2 aliphatic heterocycles. The Hall–Kier alpha value is -1.35. The van der Waals surface area contributed by atoms with Crippen molar-refractivity contribution in [3.8, 4) is 0 Å². The summed E-state index contributed by atoms with van der Waals surface area (Å²) < 4.78 is 5.53. The molecule has 150 valence electrons. The van der Waals surface area contributed by atoms with E-state index in [0.717, 1.165) is 57.9 Å². The first kappa shape index (κ1) is 21.9. The second-order valence-corrected chi connectivity index (χ2v) is 7.02. The zero-order chi connectivity index (χ0) is 18.4. The fourth-order valence-electron chi connectivity index (χ4n) is 3.52. The van der Waals surface area contributed by atoms with Crippen LogP contribution in [0.5, 0.6) is 0 Å². The lowest BCUT2D eigenvalue weighted by molar-refractivity contribution is -0.142. The lowest BCUT2D eigenvalue weighted by Crippen LogP contribution is -2.55. The molecule has 3 rings (SSSR count). The average Bonchev–Trinajstić information content (AvgIpc) is 3.21. The number of aliphatic imine (C=N–C) groups is 1. The SMILES string of the molecule is CN=C(NCCc1ccc(C)cc1)N1CCN(C(=O)C2CCCO2)CC1.I. The first-order chi connectivity index (χ1) is 12.7. The molecule has 1 aromatic carbocycles. The number of amides is 1. The topological polar surface area (TPSA) is 57.2 Å². The number of benzene rings is 1. The second-order valence-electron chi connectivity index (χ2n) is 7.02. The van der Waals surface area contributed by atoms with Gasteiger partial charge in [0.25, 0.3) is 5.91 Å². The predicted octanol–water partition coefficient (Wildman–Crippen LogP) is 2.05. The molecule has 1 atom stereocenters. The van der Waals surface area contributed by atoms with Gasteiger partial charge >= 0.3 is 0 Å². The monoisotopic (exact) mass is 486 g/mol. The lowest BCUT2D eigenvalue weighted by atomic mass is 10.1. The van der Waals surface area contributed by atoms with Crippen LogP contribution in [-0.2, 0) is 16.0 Å². The van der Waals surface area contributed by atoms with Crippen molar-refractivity contribution in [2.45, 2.75) is 32.3 Å². The van der Waals surface area contributed by atoms with Gasteiger partial charge in [-0.3, -0.25) is 9.79 Å². The molecule has 2 heterocycles. The molecule has 0 saturated carbocycles. The van der Waals surface area contributed by atoms with Crippen LogP contribution in [0, 0.1) is 6.92 Å². The van der Waals surface area contributed by atoms with Gasteiger partial charge in [-0.1, -0.05) is 29.8 Å². The number of hydrogen-bond donors (Lipinski definition) is 1. The number of hydrogen-bond acceptors (Lipinski definition) is 3. The van der Waals surface area contributed by atoms with Gasteiger partial charge in [0.2, 0.25) is 0 Å². The van der Waals surface area contributed by atoms with Gasteiger partial charge in [-0.05, 0) is 31.7 Å². The number of halogens is 1. The summed E-state index contributed by atoms with van der Waals surface area (Å²) in [5, 5.41) is 3.45. The maximum atomic E-state index is 12.4. The Morgan fingerprint density at radius 1 is 1.19 bits per heavy atom. The third-order valence-electron chi connectivity index (χ3n) is 5.13. The van der Waals surface area contributed by atoms with Gasteiger partial charge in [0, 0.05) is 46.4 Å². The predicted molar refractivity (Wildman–Crippen MR) is 119 cm³/mol. The minimum Gasteiger partial charge on any atom is -0.368 e. The minimum absolute atomic E-state index is 0. The van der Waals surface area contributed by atoms with Crippen LogP contribution < -0.4 is 5.32 Å². The summed E-state index contributed by atoms with van der Waals surface area (Å²) in [6, 6.07) is 8.65. The van der Waals surface area contributed by atoms with E-state index in [1.807, 2.05) is 11.9 Å². The molecule has 2 fully saturated rings. The summed E-state index contributed by atoms with van der Waals surface area (Å²) in [4.78, 5) is 21.0. The Kier molecular flexibility index (Phi) is 8.82. The van der Waals surface area contributed by atoms with Crippen molar-refractivity contribution in [2.75, 3.05) is 46.4 Å². The molecule has 2 saturated heterocycles. The van der Waals surface area contributed by atoms with Crippen molar-refractivity contribution in [1.29, 1.82) is 0 Å². The van der Waals surface area contributed by atoms with E-state index in [9.17, 15) is 4.79 Å². The summed E-state index contributed by atoms with van der Waals surface area (Å²) in [6.07, 6.45) is 2.61. The fourth-order valence-corrected chi connectivity index (χ4v) is 3.52. The molecule has 7 heteroatoms. The molecule has 0 aliphatic carbocycles. The Balaban J connectivity index is 0.00000261. The number of guanidine groups is 1. The number of nitrogens with zero attached hydrogens (tertiary/aromatic N) is 3. The molecular weight excluding hydrogens is 455 g/mol. The highest BCUT2D eigenvalue weighted by molar-refractivity contribution is 14.0. The quantitative estimate of drug-likeness (QED) is 0.402. The van der Waals surface area contributed by atoms with E-state index in [2.05, 4.69) is 46.4 Å². The van der Waals surface area contributed by atoms with E-state index in [0.29, 0.717) is 6.61 Å². The number of rotatable bonds is 4. The maximum absolute atomic E-state index is 12.4. The van der Waals surface area contributed by atoms with E-state index in [1.54, 1.807) is 0 Å². The summed E-state index contributed by atoms with van der Waals surface area (Å²) in [6.45, 7) is 6.76.